The first-order valence-corrected chi connectivity index (χ1v) is 13.1. The van der Waals surface area contributed by atoms with Crippen LogP contribution >= 0.6 is 0 Å². The number of rotatable bonds is 11. The van der Waals surface area contributed by atoms with Crippen molar-refractivity contribution < 1.29 is 22.4 Å². The Kier molecular flexibility index (Phi) is 9.61. The third-order valence-corrected chi connectivity index (χ3v) is 6.43. The van der Waals surface area contributed by atoms with Crippen LogP contribution in [0.15, 0.2) is 48.5 Å². The molecule has 0 fully saturated rings. The first kappa shape index (κ1) is 27.3. The van der Waals surface area contributed by atoms with Crippen molar-refractivity contribution in [3.8, 4) is 0 Å². The molecule has 0 aliphatic rings. The minimum absolute atomic E-state index is 0.114. The van der Waals surface area contributed by atoms with Crippen molar-refractivity contribution in [1.29, 1.82) is 0 Å². The molecular formula is C25H34FN3O4S. The van der Waals surface area contributed by atoms with Gasteiger partial charge in [-0.3, -0.25) is 13.9 Å². The Morgan fingerprint density at radius 2 is 1.76 bits per heavy atom. The molecule has 186 valence electrons. The van der Waals surface area contributed by atoms with Crippen LogP contribution in [0, 0.1) is 18.7 Å². The summed E-state index contributed by atoms with van der Waals surface area (Å²) in [6.45, 7) is 7.59. The molecule has 0 aliphatic heterocycles. The van der Waals surface area contributed by atoms with Crippen LogP contribution in [-0.4, -0.2) is 50.5 Å². The molecule has 7 nitrogen and oxygen atoms in total. The van der Waals surface area contributed by atoms with E-state index in [-0.39, 0.29) is 24.1 Å². The van der Waals surface area contributed by atoms with Gasteiger partial charge in [-0.05, 0) is 37.0 Å². The third-order valence-electron chi connectivity index (χ3n) is 5.31. The van der Waals surface area contributed by atoms with Gasteiger partial charge >= 0.3 is 0 Å². The van der Waals surface area contributed by atoms with Crippen molar-refractivity contribution in [2.45, 2.75) is 46.7 Å². The number of sulfonamides is 1. The Balaban J connectivity index is 2.43. The number of hydrogen-bond acceptors (Lipinski definition) is 4. The van der Waals surface area contributed by atoms with Gasteiger partial charge in [-0.1, -0.05) is 62.7 Å². The van der Waals surface area contributed by atoms with Crippen LogP contribution in [0.1, 0.15) is 38.3 Å². The average molecular weight is 492 g/mol. The Labute approximate surface area is 202 Å². The molecule has 34 heavy (non-hydrogen) atoms. The fourth-order valence-corrected chi connectivity index (χ4v) is 4.45. The van der Waals surface area contributed by atoms with E-state index in [0.29, 0.717) is 13.0 Å². The highest BCUT2D eigenvalue weighted by molar-refractivity contribution is 7.92. The topological polar surface area (TPSA) is 86.8 Å². The first-order chi connectivity index (χ1) is 15.9. The number of halogens is 1. The van der Waals surface area contributed by atoms with Crippen LogP contribution in [0.5, 0.6) is 0 Å². The predicted octanol–water partition coefficient (Wildman–Crippen LogP) is 3.48. The van der Waals surface area contributed by atoms with Gasteiger partial charge in [-0.15, -0.1) is 0 Å². The Bertz CT molecular complexity index is 1100. The zero-order chi connectivity index (χ0) is 25.5. The molecule has 0 heterocycles. The van der Waals surface area contributed by atoms with E-state index in [4.69, 9.17) is 0 Å². The molecule has 2 rings (SSSR count). The van der Waals surface area contributed by atoms with Gasteiger partial charge in [0.1, 0.15) is 18.4 Å². The van der Waals surface area contributed by atoms with Gasteiger partial charge in [-0.2, -0.15) is 0 Å². The van der Waals surface area contributed by atoms with Crippen molar-refractivity contribution in [3.63, 3.8) is 0 Å². The number of aryl methyl sites for hydroxylation is 1. The highest BCUT2D eigenvalue weighted by atomic mass is 32.2. The lowest BCUT2D eigenvalue weighted by Gasteiger charge is -2.33. The lowest BCUT2D eigenvalue weighted by Crippen LogP contribution is -2.52. The molecule has 0 aromatic heterocycles. The number of nitrogens with zero attached hydrogens (tertiary/aromatic N) is 2. The van der Waals surface area contributed by atoms with Gasteiger partial charge in [0.2, 0.25) is 21.8 Å². The maximum atomic E-state index is 14.4. The molecule has 2 aromatic rings. The van der Waals surface area contributed by atoms with E-state index < -0.39 is 34.3 Å². The standard InChI is InChI=1S/C25H34FN3O4S/c1-6-22(25(31)27-15-18(2)3)28(16-20-11-9-10-19(4)14-20)24(30)17-29(34(5,32)33)23-13-8-7-12-21(23)26/h7-14,18,22H,6,15-17H2,1-5H3,(H,27,31)/t22-/m0/s1. The van der Waals surface area contributed by atoms with Gasteiger partial charge in [-0.25, -0.2) is 12.8 Å². The van der Waals surface area contributed by atoms with E-state index in [2.05, 4.69) is 5.32 Å². The smallest absolute Gasteiger partial charge is 0.244 e. The van der Waals surface area contributed by atoms with Crippen LogP contribution < -0.4 is 9.62 Å². The SMILES string of the molecule is CC[C@@H](C(=O)NCC(C)C)N(Cc1cccc(C)c1)C(=O)CN(c1ccccc1F)S(C)(=O)=O. The summed E-state index contributed by atoms with van der Waals surface area (Å²) in [6.07, 6.45) is 1.25. The monoisotopic (exact) mass is 491 g/mol. The fourth-order valence-electron chi connectivity index (χ4n) is 3.60. The molecular weight excluding hydrogens is 457 g/mol. The summed E-state index contributed by atoms with van der Waals surface area (Å²) in [6, 6.07) is 12.1. The number of carbonyl (C=O) groups excluding carboxylic acids is 2. The molecule has 1 N–H and O–H groups in total. The summed E-state index contributed by atoms with van der Waals surface area (Å²) in [5.41, 5.74) is 1.58. The molecule has 0 radical (unpaired) electrons. The number of hydrogen-bond donors (Lipinski definition) is 1. The Morgan fingerprint density at radius 1 is 1.09 bits per heavy atom. The van der Waals surface area contributed by atoms with Gasteiger partial charge in [0.25, 0.3) is 0 Å². The van der Waals surface area contributed by atoms with Gasteiger partial charge in [0.15, 0.2) is 0 Å². The zero-order valence-electron chi connectivity index (χ0n) is 20.4. The second-order valence-electron chi connectivity index (χ2n) is 8.79. The van der Waals surface area contributed by atoms with E-state index in [9.17, 15) is 22.4 Å². The molecule has 0 saturated carbocycles. The lowest BCUT2D eigenvalue weighted by molar-refractivity contribution is -0.140. The lowest BCUT2D eigenvalue weighted by atomic mass is 10.1. The van der Waals surface area contributed by atoms with E-state index in [1.807, 2.05) is 45.0 Å². The van der Waals surface area contributed by atoms with Crippen LogP contribution in [0.25, 0.3) is 0 Å². The summed E-state index contributed by atoms with van der Waals surface area (Å²) in [5, 5.41) is 2.87. The normalized spacial score (nSPS) is 12.3. The van der Waals surface area contributed by atoms with Gasteiger partial charge in [0.05, 0.1) is 11.9 Å². The van der Waals surface area contributed by atoms with Crippen molar-refractivity contribution in [2.24, 2.45) is 5.92 Å². The van der Waals surface area contributed by atoms with Crippen LogP contribution in [0.2, 0.25) is 0 Å². The Morgan fingerprint density at radius 3 is 2.32 bits per heavy atom. The van der Waals surface area contributed by atoms with Crippen molar-refractivity contribution in [1.82, 2.24) is 10.2 Å². The summed E-state index contributed by atoms with van der Waals surface area (Å²) >= 11 is 0. The molecule has 2 aromatic carbocycles. The van der Waals surface area contributed by atoms with Crippen LogP contribution in [-0.2, 0) is 26.2 Å². The molecule has 0 aliphatic carbocycles. The highest BCUT2D eigenvalue weighted by Crippen LogP contribution is 2.22. The van der Waals surface area contributed by atoms with Crippen LogP contribution in [0.4, 0.5) is 10.1 Å². The van der Waals surface area contributed by atoms with Crippen molar-refractivity contribution >= 4 is 27.5 Å². The number of carbonyl (C=O) groups is 2. The molecule has 2 amide bonds. The summed E-state index contributed by atoms with van der Waals surface area (Å²) < 4.78 is 40.2. The summed E-state index contributed by atoms with van der Waals surface area (Å²) in [7, 11) is -3.98. The van der Waals surface area contributed by atoms with E-state index >= 15 is 0 Å². The highest BCUT2D eigenvalue weighted by Gasteiger charge is 2.32. The van der Waals surface area contributed by atoms with Crippen LogP contribution in [0.3, 0.4) is 0 Å². The van der Waals surface area contributed by atoms with E-state index in [1.165, 1.54) is 23.1 Å². The number of para-hydroxylation sites is 1. The van der Waals surface area contributed by atoms with E-state index in [0.717, 1.165) is 27.8 Å². The number of anilines is 1. The summed E-state index contributed by atoms with van der Waals surface area (Å²) in [5.74, 6) is -1.44. The van der Waals surface area contributed by atoms with Crippen molar-refractivity contribution in [2.75, 3.05) is 23.7 Å². The molecule has 1 atom stereocenters. The summed E-state index contributed by atoms with van der Waals surface area (Å²) in [4.78, 5) is 27.9. The van der Waals surface area contributed by atoms with Gasteiger partial charge in [0, 0.05) is 13.1 Å². The molecule has 0 bridgehead atoms. The number of amides is 2. The second-order valence-corrected chi connectivity index (χ2v) is 10.7. The first-order valence-electron chi connectivity index (χ1n) is 11.3. The molecule has 0 saturated heterocycles. The predicted molar refractivity (Wildman–Crippen MR) is 132 cm³/mol. The second kappa shape index (κ2) is 12.0. The minimum atomic E-state index is -3.98. The van der Waals surface area contributed by atoms with Crippen molar-refractivity contribution in [3.05, 3.63) is 65.5 Å². The largest absolute Gasteiger partial charge is 0.354 e. The number of benzene rings is 2. The molecule has 0 spiro atoms. The third kappa shape index (κ3) is 7.55. The zero-order valence-corrected chi connectivity index (χ0v) is 21.2. The molecule has 9 heteroatoms. The van der Waals surface area contributed by atoms with Gasteiger partial charge < -0.3 is 10.2 Å². The Hall–Kier alpha value is -2.94. The minimum Gasteiger partial charge on any atom is -0.354 e. The average Bonchev–Trinajstić information content (AvgIpc) is 2.75. The quantitative estimate of drug-likeness (QED) is 0.521. The maximum Gasteiger partial charge on any atom is 0.244 e. The maximum absolute atomic E-state index is 14.4. The van der Waals surface area contributed by atoms with E-state index in [1.54, 1.807) is 6.92 Å². The fraction of sp³-hybridized carbons (Fsp3) is 0.440. The molecule has 0 unspecified atom stereocenters. The number of nitrogens with one attached hydrogen (secondary N) is 1.